The van der Waals surface area contributed by atoms with Crippen LogP contribution in [-0.4, -0.2) is 15.2 Å². The van der Waals surface area contributed by atoms with Crippen molar-refractivity contribution in [2.24, 2.45) is 0 Å². The van der Waals surface area contributed by atoms with Crippen molar-refractivity contribution in [1.82, 2.24) is 0 Å². The molecule has 0 amide bonds. The molecule has 0 N–H and O–H groups in total. The van der Waals surface area contributed by atoms with E-state index in [1.54, 1.807) is 7.11 Å². The fourth-order valence-electron chi connectivity index (χ4n) is 1.23. The Kier molecular flexibility index (Phi) is 3.06. The van der Waals surface area contributed by atoms with Gasteiger partial charge in [0.1, 0.15) is 8.07 Å². The minimum atomic E-state index is -1.43. The van der Waals surface area contributed by atoms with E-state index in [-0.39, 0.29) is 0 Å². The van der Waals surface area contributed by atoms with Crippen LogP contribution in [0.2, 0.25) is 13.1 Å². The van der Waals surface area contributed by atoms with Crippen molar-refractivity contribution in [1.29, 1.82) is 0 Å². The third kappa shape index (κ3) is 2.19. The summed E-state index contributed by atoms with van der Waals surface area (Å²) in [6, 6.07) is 10.5. The highest BCUT2D eigenvalue weighted by atomic mass is 28.3. The molecule has 0 aliphatic heterocycles. The van der Waals surface area contributed by atoms with Crippen molar-refractivity contribution < 1.29 is 4.74 Å². The summed E-state index contributed by atoms with van der Waals surface area (Å²) in [4.78, 5) is 0. The number of methoxy groups -OCH3 is 1. The van der Waals surface area contributed by atoms with Gasteiger partial charge in [-0.1, -0.05) is 48.6 Å². The maximum absolute atomic E-state index is 5.10. The largest absolute Gasteiger partial charge is 0.382 e. The van der Waals surface area contributed by atoms with Crippen LogP contribution in [0.25, 0.3) is 0 Å². The second kappa shape index (κ2) is 3.87. The van der Waals surface area contributed by atoms with E-state index in [1.807, 2.05) is 12.3 Å². The molecule has 12 heavy (non-hydrogen) atoms. The minimum absolute atomic E-state index is 1.41. The van der Waals surface area contributed by atoms with Gasteiger partial charge in [0.05, 0.1) is 6.23 Å². The molecule has 0 bridgehead atoms. The van der Waals surface area contributed by atoms with E-state index in [4.69, 9.17) is 4.74 Å². The Balaban J connectivity index is 2.82. The molecule has 0 unspecified atom stereocenters. The van der Waals surface area contributed by atoms with E-state index in [0.717, 1.165) is 0 Å². The third-order valence-electron chi connectivity index (χ3n) is 1.93. The van der Waals surface area contributed by atoms with E-state index >= 15 is 0 Å². The molecule has 2 heteroatoms. The molecule has 0 aliphatic rings. The van der Waals surface area contributed by atoms with Crippen LogP contribution in [0, 0.1) is 6.23 Å². The molecule has 0 aromatic heterocycles. The quantitative estimate of drug-likeness (QED) is 0.644. The molecule has 1 aromatic rings. The van der Waals surface area contributed by atoms with Crippen molar-refractivity contribution in [3.63, 3.8) is 0 Å². The van der Waals surface area contributed by atoms with Gasteiger partial charge in [0.25, 0.3) is 0 Å². The van der Waals surface area contributed by atoms with E-state index in [9.17, 15) is 0 Å². The smallest absolute Gasteiger partial charge is 0.116 e. The molecule has 0 spiro atoms. The minimum Gasteiger partial charge on any atom is -0.382 e. The molecule has 1 nitrogen and oxygen atoms in total. The summed E-state index contributed by atoms with van der Waals surface area (Å²) in [6.07, 6.45) is 1.99. The molecule has 0 saturated carbocycles. The number of hydrogen-bond acceptors (Lipinski definition) is 1. The first kappa shape index (κ1) is 9.48. The summed E-state index contributed by atoms with van der Waals surface area (Å²) in [5.41, 5.74) is 0. The zero-order valence-electron chi connectivity index (χ0n) is 7.87. The second-order valence-corrected chi connectivity index (χ2v) is 7.70. The molecule has 1 aromatic carbocycles. The van der Waals surface area contributed by atoms with Crippen LogP contribution >= 0.6 is 0 Å². The van der Waals surface area contributed by atoms with Gasteiger partial charge in [0.15, 0.2) is 0 Å². The van der Waals surface area contributed by atoms with Crippen LogP contribution < -0.4 is 5.19 Å². The Morgan fingerprint density at radius 2 is 1.75 bits per heavy atom. The zero-order valence-corrected chi connectivity index (χ0v) is 8.87. The van der Waals surface area contributed by atoms with Crippen LogP contribution in [0.15, 0.2) is 30.3 Å². The Hall–Kier alpha value is -0.603. The van der Waals surface area contributed by atoms with Gasteiger partial charge in [-0.05, 0) is 0 Å². The second-order valence-electron chi connectivity index (χ2n) is 3.44. The Labute approximate surface area is 75.4 Å². The fourth-order valence-corrected chi connectivity index (χ4v) is 3.01. The van der Waals surface area contributed by atoms with Crippen LogP contribution in [0.5, 0.6) is 0 Å². The lowest BCUT2D eigenvalue weighted by Gasteiger charge is -2.20. The topological polar surface area (TPSA) is 9.23 Å². The van der Waals surface area contributed by atoms with Crippen molar-refractivity contribution in [3.8, 4) is 0 Å². The first-order valence-electron chi connectivity index (χ1n) is 4.09. The highest BCUT2D eigenvalue weighted by Crippen LogP contribution is 2.06. The summed E-state index contributed by atoms with van der Waals surface area (Å²) < 4.78 is 5.10. The predicted molar refractivity (Wildman–Crippen MR) is 54.9 cm³/mol. The van der Waals surface area contributed by atoms with Crippen molar-refractivity contribution in [2.75, 3.05) is 7.11 Å². The maximum atomic E-state index is 5.10. The van der Waals surface area contributed by atoms with E-state index in [0.29, 0.717) is 0 Å². The monoisotopic (exact) mass is 179 g/mol. The van der Waals surface area contributed by atoms with Gasteiger partial charge < -0.3 is 4.74 Å². The molecule has 0 saturated heterocycles. The van der Waals surface area contributed by atoms with E-state index in [2.05, 4.69) is 37.4 Å². The number of ether oxygens (including phenoxy) is 1. The van der Waals surface area contributed by atoms with E-state index < -0.39 is 8.07 Å². The van der Waals surface area contributed by atoms with Crippen LogP contribution in [0.4, 0.5) is 0 Å². The highest BCUT2D eigenvalue weighted by molar-refractivity contribution is 6.92. The van der Waals surface area contributed by atoms with Gasteiger partial charge in [0.2, 0.25) is 0 Å². The van der Waals surface area contributed by atoms with Crippen molar-refractivity contribution >= 4 is 13.3 Å². The number of rotatable bonds is 3. The summed E-state index contributed by atoms with van der Waals surface area (Å²) in [6.45, 7) is 4.54. The summed E-state index contributed by atoms with van der Waals surface area (Å²) >= 11 is 0. The van der Waals surface area contributed by atoms with Gasteiger partial charge in [0, 0.05) is 7.11 Å². The van der Waals surface area contributed by atoms with Crippen LogP contribution in [0.1, 0.15) is 0 Å². The lowest BCUT2D eigenvalue weighted by molar-refractivity contribution is 0.307. The van der Waals surface area contributed by atoms with Gasteiger partial charge in [-0.25, -0.2) is 0 Å². The lowest BCUT2D eigenvalue weighted by Crippen LogP contribution is -2.42. The molecule has 0 fully saturated rings. The molecule has 1 radical (unpaired) electrons. The van der Waals surface area contributed by atoms with Gasteiger partial charge in [-0.3, -0.25) is 0 Å². The SMILES string of the molecule is CO[CH][Si](C)(C)c1ccccc1. The van der Waals surface area contributed by atoms with Gasteiger partial charge in [-0.2, -0.15) is 0 Å². The number of benzene rings is 1. The normalized spacial score (nSPS) is 11.6. The standard InChI is InChI=1S/C10H15OSi/c1-11-9-12(2,3)10-7-5-4-6-8-10/h4-9H,1-3H3. The number of hydrogen-bond donors (Lipinski definition) is 0. The Morgan fingerprint density at radius 1 is 1.17 bits per heavy atom. The van der Waals surface area contributed by atoms with Gasteiger partial charge in [-0.15, -0.1) is 0 Å². The molecule has 65 valence electrons. The lowest BCUT2D eigenvalue weighted by atomic mass is 10.4. The molecule has 0 atom stereocenters. The molecule has 0 aliphatic carbocycles. The predicted octanol–water partition coefficient (Wildman–Crippen LogP) is 1.95. The van der Waals surface area contributed by atoms with Crippen LogP contribution in [-0.2, 0) is 4.74 Å². The van der Waals surface area contributed by atoms with Crippen LogP contribution in [0.3, 0.4) is 0 Å². The van der Waals surface area contributed by atoms with Crippen molar-refractivity contribution in [2.45, 2.75) is 13.1 Å². The molecule has 1 rings (SSSR count). The third-order valence-corrected chi connectivity index (χ3v) is 4.58. The highest BCUT2D eigenvalue weighted by Gasteiger charge is 2.23. The summed E-state index contributed by atoms with van der Waals surface area (Å²) in [5, 5.41) is 1.41. The Morgan fingerprint density at radius 3 is 2.25 bits per heavy atom. The molecular formula is C10H15OSi. The Bertz CT molecular complexity index is 231. The average Bonchev–Trinajstić information content (AvgIpc) is 2.06. The van der Waals surface area contributed by atoms with E-state index in [1.165, 1.54) is 5.19 Å². The summed E-state index contributed by atoms with van der Waals surface area (Å²) in [5.74, 6) is 0. The maximum Gasteiger partial charge on any atom is 0.116 e. The first-order valence-corrected chi connectivity index (χ1v) is 7.17. The average molecular weight is 179 g/mol. The first-order chi connectivity index (χ1) is 5.67. The molecular weight excluding hydrogens is 164 g/mol. The summed E-state index contributed by atoms with van der Waals surface area (Å²) in [7, 11) is 0.293. The zero-order chi connectivity index (χ0) is 9.03. The molecule has 0 heterocycles. The fraction of sp³-hybridized carbons (Fsp3) is 0.300. The van der Waals surface area contributed by atoms with Crippen molar-refractivity contribution in [3.05, 3.63) is 36.6 Å². The van der Waals surface area contributed by atoms with Gasteiger partial charge >= 0.3 is 0 Å².